The molecule has 0 N–H and O–H groups in total. The maximum Gasteiger partial charge on any atom is 0.336 e. The van der Waals surface area contributed by atoms with Gasteiger partial charge in [-0.15, -0.1) is 0 Å². The largest absolute Gasteiger partial charge is 0.420 e. The molecule has 0 aliphatic heterocycles. The zero-order valence-corrected chi connectivity index (χ0v) is 15.3. The fourth-order valence-corrected chi connectivity index (χ4v) is 2.61. The first-order chi connectivity index (χ1) is 11.0. The topological polar surface area (TPSA) is 57.0 Å². The molecule has 2 aromatic heterocycles. The molecule has 0 atom stereocenters. The van der Waals surface area contributed by atoms with Crippen molar-refractivity contribution in [2.75, 3.05) is 0 Å². The summed E-state index contributed by atoms with van der Waals surface area (Å²) in [6.07, 6.45) is 6.62. The third-order valence-corrected chi connectivity index (χ3v) is 4.15. The molecule has 0 aliphatic carbocycles. The second kappa shape index (κ2) is 8.26. The van der Waals surface area contributed by atoms with Gasteiger partial charge in [-0.1, -0.05) is 24.9 Å². The van der Waals surface area contributed by atoms with Gasteiger partial charge in [0.05, 0.1) is 5.69 Å². The lowest BCUT2D eigenvalue weighted by molar-refractivity contribution is -0.128. The standard InChI is InChI=1S/C16H17BrClN3O2/c1-3-4-10-21-16(18)12(11(2)20-21)7-8-14(22)23-13-6-5-9-19-15(13)17/h5-9H,3-4,10H2,1-2H3. The lowest BCUT2D eigenvalue weighted by Crippen LogP contribution is -2.04. The van der Waals surface area contributed by atoms with E-state index in [0.29, 0.717) is 15.5 Å². The first-order valence-electron chi connectivity index (χ1n) is 7.26. The van der Waals surface area contributed by atoms with E-state index in [4.69, 9.17) is 16.3 Å². The van der Waals surface area contributed by atoms with Crippen LogP contribution in [-0.4, -0.2) is 20.7 Å². The molecule has 0 saturated heterocycles. The molecular formula is C16H17BrClN3O2. The van der Waals surface area contributed by atoms with Crippen LogP contribution < -0.4 is 4.74 Å². The summed E-state index contributed by atoms with van der Waals surface area (Å²) in [6.45, 7) is 4.73. The summed E-state index contributed by atoms with van der Waals surface area (Å²) in [6, 6.07) is 3.35. The van der Waals surface area contributed by atoms with E-state index < -0.39 is 5.97 Å². The highest BCUT2D eigenvalue weighted by molar-refractivity contribution is 9.10. The summed E-state index contributed by atoms with van der Waals surface area (Å²) >= 11 is 9.54. The number of aromatic nitrogens is 3. The van der Waals surface area contributed by atoms with E-state index in [0.717, 1.165) is 30.6 Å². The minimum Gasteiger partial charge on any atom is -0.420 e. The summed E-state index contributed by atoms with van der Waals surface area (Å²) in [4.78, 5) is 15.9. The van der Waals surface area contributed by atoms with Crippen molar-refractivity contribution in [2.45, 2.75) is 33.2 Å². The Morgan fingerprint density at radius 1 is 1.52 bits per heavy atom. The molecule has 0 unspecified atom stereocenters. The maximum atomic E-state index is 11.9. The molecule has 2 aromatic rings. The van der Waals surface area contributed by atoms with E-state index in [9.17, 15) is 4.79 Å². The number of nitrogens with zero attached hydrogens (tertiary/aromatic N) is 3. The first-order valence-corrected chi connectivity index (χ1v) is 8.43. The Hall–Kier alpha value is -1.66. The van der Waals surface area contributed by atoms with Gasteiger partial charge in [0.2, 0.25) is 0 Å². The van der Waals surface area contributed by atoms with Crippen LogP contribution in [0.3, 0.4) is 0 Å². The highest BCUT2D eigenvalue weighted by Gasteiger charge is 2.11. The SMILES string of the molecule is CCCCn1nc(C)c(C=CC(=O)Oc2cccnc2Br)c1Cl. The van der Waals surface area contributed by atoms with Crippen molar-refractivity contribution >= 4 is 39.6 Å². The van der Waals surface area contributed by atoms with Crippen LogP contribution in [0.2, 0.25) is 5.15 Å². The quantitative estimate of drug-likeness (QED) is 0.410. The van der Waals surface area contributed by atoms with Gasteiger partial charge >= 0.3 is 5.97 Å². The summed E-state index contributed by atoms with van der Waals surface area (Å²) in [5.41, 5.74) is 1.50. The number of unbranched alkanes of at least 4 members (excludes halogenated alkanes) is 1. The molecule has 122 valence electrons. The second-order valence-corrected chi connectivity index (χ2v) is 6.02. The smallest absolute Gasteiger partial charge is 0.336 e. The molecular weight excluding hydrogens is 382 g/mol. The summed E-state index contributed by atoms with van der Waals surface area (Å²) in [5, 5.41) is 4.92. The predicted octanol–water partition coefficient (Wildman–Crippen LogP) is 4.42. The van der Waals surface area contributed by atoms with Crippen LogP contribution >= 0.6 is 27.5 Å². The van der Waals surface area contributed by atoms with Gasteiger partial charge in [0.1, 0.15) is 9.76 Å². The average molecular weight is 399 g/mol. The second-order valence-electron chi connectivity index (χ2n) is 4.91. The van der Waals surface area contributed by atoms with Gasteiger partial charge in [0, 0.05) is 24.4 Å². The molecule has 23 heavy (non-hydrogen) atoms. The third kappa shape index (κ3) is 4.65. The molecule has 2 rings (SSSR count). The predicted molar refractivity (Wildman–Crippen MR) is 93.5 cm³/mol. The van der Waals surface area contributed by atoms with Crippen LogP contribution in [0.5, 0.6) is 5.75 Å². The molecule has 0 aromatic carbocycles. The van der Waals surface area contributed by atoms with Crippen molar-refractivity contribution in [1.82, 2.24) is 14.8 Å². The van der Waals surface area contributed by atoms with Gasteiger partial charge in [-0.05, 0) is 47.5 Å². The van der Waals surface area contributed by atoms with Crippen LogP contribution in [0.15, 0.2) is 29.0 Å². The number of carbonyl (C=O) groups is 1. The normalized spacial score (nSPS) is 11.1. The van der Waals surface area contributed by atoms with E-state index in [1.165, 1.54) is 6.08 Å². The molecule has 0 amide bonds. The number of carbonyl (C=O) groups excluding carboxylic acids is 1. The van der Waals surface area contributed by atoms with Crippen molar-refractivity contribution in [3.05, 3.63) is 45.4 Å². The Morgan fingerprint density at radius 2 is 2.30 bits per heavy atom. The highest BCUT2D eigenvalue weighted by atomic mass is 79.9. The maximum absolute atomic E-state index is 11.9. The monoisotopic (exact) mass is 397 g/mol. The number of rotatable bonds is 6. The lowest BCUT2D eigenvalue weighted by Gasteiger charge is -2.02. The van der Waals surface area contributed by atoms with Crippen LogP contribution in [0.25, 0.3) is 6.08 Å². The molecule has 0 bridgehead atoms. The number of ether oxygens (including phenoxy) is 1. The van der Waals surface area contributed by atoms with E-state index in [1.807, 2.05) is 6.92 Å². The number of aryl methyl sites for hydroxylation is 2. The van der Waals surface area contributed by atoms with Crippen molar-refractivity contribution in [3.8, 4) is 5.75 Å². The number of hydrogen-bond acceptors (Lipinski definition) is 4. The Morgan fingerprint density at radius 3 is 3.00 bits per heavy atom. The van der Waals surface area contributed by atoms with Crippen molar-refractivity contribution in [1.29, 1.82) is 0 Å². The Balaban J connectivity index is 2.09. The summed E-state index contributed by atoms with van der Waals surface area (Å²) in [7, 11) is 0. The Labute approximate surface area is 148 Å². The molecule has 0 saturated carbocycles. The van der Waals surface area contributed by atoms with Crippen molar-refractivity contribution in [2.24, 2.45) is 0 Å². The molecule has 2 heterocycles. The molecule has 0 aliphatic rings. The van der Waals surface area contributed by atoms with E-state index in [-0.39, 0.29) is 0 Å². The molecule has 5 nitrogen and oxygen atoms in total. The molecule has 0 fully saturated rings. The number of halogens is 2. The van der Waals surface area contributed by atoms with Gasteiger partial charge < -0.3 is 4.74 Å². The number of esters is 1. The molecule has 0 radical (unpaired) electrons. The van der Waals surface area contributed by atoms with Gasteiger partial charge in [-0.2, -0.15) is 5.10 Å². The third-order valence-electron chi connectivity index (χ3n) is 3.15. The average Bonchev–Trinajstić information content (AvgIpc) is 2.79. The minimum absolute atomic E-state index is 0.364. The summed E-state index contributed by atoms with van der Waals surface area (Å²) in [5.74, 6) is -0.140. The number of pyridine rings is 1. The van der Waals surface area contributed by atoms with Crippen LogP contribution in [0.1, 0.15) is 31.0 Å². The van der Waals surface area contributed by atoms with Crippen molar-refractivity contribution in [3.63, 3.8) is 0 Å². The fraction of sp³-hybridized carbons (Fsp3) is 0.312. The Kier molecular flexibility index (Phi) is 6.36. The molecule has 0 spiro atoms. The lowest BCUT2D eigenvalue weighted by atomic mass is 10.2. The summed E-state index contributed by atoms with van der Waals surface area (Å²) < 4.78 is 7.44. The first kappa shape index (κ1) is 17.7. The van der Waals surface area contributed by atoms with Crippen LogP contribution in [-0.2, 0) is 11.3 Å². The van der Waals surface area contributed by atoms with Gasteiger partial charge in [-0.3, -0.25) is 4.68 Å². The molecule has 7 heteroatoms. The van der Waals surface area contributed by atoms with Crippen LogP contribution in [0, 0.1) is 6.92 Å². The van der Waals surface area contributed by atoms with Crippen LogP contribution in [0.4, 0.5) is 0 Å². The minimum atomic E-state index is -0.504. The van der Waals surface area contributed by atoms with E-state index >= 15 is 0 Å². The van der Waals surface area contributed by atoms with E-state index in [1.54, 1.807) is 29.1 Å². The Bertz CT molecular complexity index is 728. The van der Waals surface area contributed by atoms with Gasteiger partial charge in [0.25, 0.3) is 0 Å². The fourth-order valence-electron chi connectivity index (χ4n) is 1.95. The van der Waals surface area contributed by atoms with Gasteiger partial charge in [0.15, 0.2) is 5.75 Å². The zero-order chi connectivity index (χ0) is 16.8. The van der Waals surface area contributed by atoms with Crippen molar-refractivity contribution < 1.29 is 9.53 Å². The van der Waals surface area contributed by atoms with Gasteiger partial charge in [-0.25, -0.2) is 9.78 Å². The highest BCUT2D eigenvalue weighted by Crippen LogP contribution is 2.23. The zero-order valence-electron chi connectivity index (χ0n) is 12.9. The number of hydrogen-bond donors (Lipinski definition) is 0. The van der Waals surface area contributed by atoms with E-state index in [2.05, 4.69) is 32.9 Å².